The van der Waals surface area contributed by atoms with Crippen molar-refractivity contribution in [1.29, 1.82) is 0 Å². The molecule has 0 unspecified atom stereocenters. The van der Waals surface area contributed by atoms with Crippen molar-refractivity contribution in [2.45, 2.75) is 13.3 Å². The molecule has 0 atom stereocenters. The number of Topliss-reactive ketones (excluding diaryl/α,β-unsaturated/α-hetero) is 1. The number of hydrogen-bond donors (Lipinski definition) is 2. The molecule has 1 aromatic rings. The fourth-order valence-corrected chi connectivity index (χ4v) is 1.44. The van der Waals surface area contributed by atoms with Crippen LogP contribution in [0.3, 0.4) is 0 Å². The maximum absolute atomic E-state index is 11.2. The molecule has 0 aliphatic heterocycles. The van der Waals surface area contributed by atoms with Crippen molar-refractivity contribution in [3.8, 4) is 11.5 Å². The molecule has 0 bridgehead atoms. The normalized spacial score (nSPS) is 10.0. The predicted molar refractivity (Wildman–Crippen MR) is 52.1 cm³/mol. The van der Waals surface area contributed by atoms with Crippen LogP contribution in [-0.4, -0.2) is 16.0 Å². The molecule has 0 radical (unpaired) electrons. The van der Waals surface area contributed by atoms with Crippen molar-refractivity contribution in [2.75, 3.05) is 0 Å². The second-order valence-electron chi connectivity index (χ2n) is 2.60. The van der Waals surface area contributed by atoms with E-state index < -0.39 is 0 Å². The highest BCUT2D eigenvalue weighted by Crippen LogP contribution is 2.32. The fourth-order valence-electron chi connectivity index (χ4n) is 0.988. The molecule has 0 fully saturated rings. The second-order valence-corrected chi connectivity index (χ2v) is 3.45. The predicted octanol–water partition coefficient (Wildman–Crippen LogP) is 2.45. The number of carbonyl (C=O) groups excluding carboxylic acids is 1. The maximum atomic E-state index is 11.2. The first-order valence-corrected chi connectivity index (χ1v) is 4.60. The molecule has 2 N–H and O–H groups in total. The number of aromatic hydroxyl groups is 2. The smallest absolute Gasteiger partial charge is 0.166 e. The lowest BCUT2D eigenvalue weighted by Gasteiger charge is -2.04. The third-order valence-electron chi connectivity index (χ3n) is 1.67. The Kier molecular flexibility index (Phi) is 2.93. The molecule has 0 heterocycles. The summed E-state index contributed by atoms with van der Waals surface area (Å²) in [6.07, 6.45) is 0.295. The third-order valence-corrected chi connectivity index (χ3v) is 2.27. The van der Waals surface area contributed by atoms with Gasteiger partial charge >= 0.3 is 0 Å². The summed E-state index contributed by atoms with van der Waals surface area (Å²) < 4.78 is 0.323. The molecule has 70 valence electrons. The zero-order valence-electron chi connectivity index (χ0n) is 7.04. The molecule has 0 spiro atoms. The maximum Gasteiger partial charge on any atom is 0.166 e. The molecule has 1 rings (SSSR count). The highest BCUT2D eigenvalue weighted by atomic mass is 79.9. The average molecular weight is 245 g/mol. The first kappa shape index (κ1) is 10.1. The summed E-state index contributed by atoms with van der Waals surface area (Å²) >= 11 is 3.03. The molecular weight excluding hydrogens is 236 g/mol. The monoisotopic (exact) mass is 244 g/mol. The minimum atomic E-state index is -0.200. The highest BCUT2D eigenvalue weighted by molar-refractivity contribution is 9.10. The van der Waals surface area contributed by atoms with Gasteiger partial charge in [0.05, 0.1) is 10.0 Å². The number of phenolic OH excluding ortho intramolecular Hbond substituents is 2. The minimum Gasteiger partial charge on any atom is -0.508 e. The summed E-state index contributed by atoms with van der Waals surface area (Å²) in [6.45, 7) is 1.69. The lowest BCUT2D eigenvalue weighted by Crippen LogP contribution is -1.97. The van der Waals surface area contributed by atoms with Crippen LogP contribution in [0.5, 0.6) is 11.5 Å². The van der Waals surface area contributed by atoms with Crippen LogP contribution in [0.25, 0.3) is 0 Å². The SMILES string of the molecule is CCC(=O)c1cc(O)cc(Br)c1O. The Labute approximate surface area is 84.1 Å². The Hall–Kier alpha value is -1.03. The van der Waals surface area contributed by atoms with E-state index in [1.165, 1.54) is 12.1 Å². The first-order chi connectivity index (χ1) is 6.06. The minimum absolute atomic E-state index is 0.0403. The Morgan fingerprint density at radius 2 is 2.08 bits per heavy atom. The van der Waals surface area contributed by atoms with E-state index >= 15 is 0 Å². The van der Waals surface area contributed by atoms with Gasteiger partial charge in [0.1, 0.15) is 11.5 Å². The van der Waals surface area contributed by atoms with Gasteiger partial charge in [-0.2, -0.15) is 0 Å². The average Bonchev–Trinajstić information content (AvgIpc) is 2.10. The Bertz CT molecular complexity index is 347. The van der Waals surface area contributed by atoms with Crippen molar-refractivity contribution in [3.63, 3.8) is 0 Å². The Morgan fingerprint density at radius 1 is 1.46 bits per heavy atom. The number of hydrogen-bond acceptors (Lipinski definition) is 3. The lowest BCUT2D eigenvalue weighted by molar-refractivity contribution is 0.0985. The van der Waals surface area contributed by atoms with Crippen LogP contribution in [0.15, 0.2) is 16.6 Å². The Morgan fingerprint density at radius 3 is 2.62 bits per heavy atom. The van der Waals surface area contributed by atoms with Crippen LogP contribution < -0.4 is 0 Å². The van der Waals surface area contributed by atoms with E-state index in [-0.39, 0.29) is 22.8 Å². The van der Waals surface area contributed by atoms with Gasteiger partial charge in [0.15, 0.2) is 5.78 Å². The number of halogens is 1. The number of rotatable bonds is 2. The molecule has 0 saturated carbocycles. The molecule has 0 aliphatic carbocycles. The van der Waals surface area contributed by atoms with Gasteiger partial charge in [-0.05, 0) is 28.1 Å². The Balaban J connectivity index is 3.28. The van der Waals surface area contributed by atoms with Gasteiger partial charge in [-0.15, -0.1) is 0 Å². The van der Waals surface area contributed by atoms with Gasteiger partial charge < -0.3 is 10.2 Å². The highest BCUT2D eigenvalue weighted by Gasteiger charge is 2.13. The van der Waals surface area contributed by atoms with E-state index in [9.17, 15) is 9.90 Å². The van der Waals surface area contributed by atoms with E-state index in [2.05, 4.69) is 15.9 Å². The molecule has 13 heavy (non-hydrogen) atoms. The van der Waals surface area contributed by atoms with Crippen LogP contribution in [0.1, 0.15) is 23.7 Å². The summed E-state index contributed by atoms with van der Waals surface area (Å²) in [7, 11) is 0. The summed E-state index contributed by atoms with van der Waals surface area (Å²) in [5.74, 6) is -0.361. The van der Waals surface area contributed by atoms with E-state index in [1.807, 2.05) is 0 Å². The van der Waals surface area contributed by atoms with Crippen molar-refractivity contribution in [2.24, 2.45) is 0 Å². The second kappa shape index (κ2) is 3.79. The fraction of sp³-hybridized carbons (Fsp3) is 0.222. The van der Waals surface area contributed by atoms with Crippen molar-refractivity contribution in [3.05, 3.63) is 22.2 Å². The number of carbonyl (C=O) groups is 1. The van der Waals surface area contributed by atoms with Gasteiger partial charge in [0.25, 0.3) is 0 Å². The molecule has 0 amide bonds. The number of ketones is 1. The number of phenols is 2. The van der Waals surface area contributed by atoms with Crippen molar-refractivity contribution >= 4 is 21.7 Å². The van der Waals surface area contributed by atoms with E-state index in [4.69, 9.17) is 5.11 Å². The molecule has 1 aromatic carbocycles. The van der Waals surface area contributed by atoms with E-state index in [0.717, 1.165) is 0 Å². The topological polar surface area (TPSA) is 57.5 Å². The largest absolute Gasteiger partial charge is 0.508 e. The van der Waals surface area contributed by atoms with Crippen LogP contribution in [0.4, 0.5) is 0 Å². The summed E-state index contributed by atoms with van der Waals surface area (Å²) in [4.78, 5) is 11.2. The quantitative estimate of drug-likeness (QED) is 0.621. The van der Waals surface area contributed by atoms with E-state index in [1.54, 1.807) is 6.92 Å². The summed E-state index contributed by atoms with van der Waals surface area (Å²) in [5, 5.41) is 18.6. The number of benzene rings is 1. The molecule has 0 saturated heterocycles. The molecule has 0 aliphatic rings. The standard InChI is InChI=1S/C9H9BrO3/c1-2-8(12)6-3-5(11)4-7(10)9(6)13/h3-4,11,13H,2H2,1H3. The van der Waals surface area contributed by atoms with E-state index in [0.29, 0.717) is 10.9 Å². The van der Waals surface area contributed by atoms with Crippen molar-refractivity contribution < 1.29 is 15.0 Å². The van der Waals surface area contributed by atoms with Gasteiger partial charge in [0, 0.05) is 6.42 Å². The lowest BCUT2D eigenvalue weighted by atomic mass is 10.1. The van der Waals surface area contributed by atoms with Gasteiger partial charge in [-0.1, -0.05) is 6.92 Å². The van der Waals surface area contributed by atoms with Gasteiger partial charge in [-0.25, -0.2) is 0 Å². The molecule has 4 heteroatoms. The zero-order valence-corrected chi connectivity index (χ0v) is 8.63. The van der Waals surface area contributed by atoms with Crippen LogP contribution >= 0.6 is 15.9 Å². The van der Waals surface area contributed by atoms with Crippen LogP contribution in [-0.2, 0) is 0 Å². The zero-order chi connectivity index (χ0) is 10.0. The van der Waals surface area contributed by atoms with Crippen molar-refractivity contribution in [1.82, 2.24) is 0 Å². The first-order valence-electron chi connectivity index (χ1n) is 3.81. The van der Waals surface area contributed by atoms with Crippen LogP contribution in [0, 0.1) is 0 Å². The summed E-state index contributed by atoms with van der Waals surface area (Å²) in [5.41, 5.74) is 0.148. The molecular formula is C9H9BrO3. The van der Waals surface area contributed by atoms with Crippen LogP contribution in [0.2, 0.25) is 0 Å². The molecule has 3 nitrogen and oxygen atoms in total. The molecule has 0 aromatic heterocycles. The third kappa shape index (κ3) is 2.01. The van der Waals surface area contributed by atoms with Gasteiger partial charge in [0.2, 0.25) is 0 Å². The van der Waals surface area contributed by atoms with Gasteiger partial charge in [-0.3, -0.25) is 4.79 Å². The summed E-state index contributed by atoms with van der Waals surface area (Å²) in [6, 6.07) is 2.59.